The van der Waals surface area contributed by atoms with Gasteiger partial charge < -0.3 is 15.0 Å². The maximum absolute atomic E-state index is 12.5. The Morgan fingerprint density at radius 1 is 1.26 bits per heavy atom. The first-order chi connectivity index (χ1) is 13.0. The van der Waals surface area contributed by atoms with Gasteiger partial charge >= 0.3 is 5.97 Å². The van der Waals surface area contributed by atoms with E-state index >= 15 is 0 Å². The van der Waals surface area contributed by atoms with Gasteiger partial charge in [0.1, 0.15) is 16.7 Å². The zero-order valence-electron chi connectivity index (χ0n) is 13.9. The first-order valence-electron chi connectivity index (χ1n) is 7.87. The molecular formula is C17H12ClN5O3S. The number of nitrogens with zero attached hydrogens (tertiary/aromatic N) is 3. The SMILES string of the molecule is C[C@H](OC(=O)c1sc2ccccc2c1Cl)C(=O)Nc1ncnc2nc[nH]c12. The van der Waals surface area contributed by atoms with Crippen LogP contribution in [0, 0.1) is 0 Å². The molecule has 27 heavy (non-hydrogen) atoms. The van der Waals surface area contributed by atoms with Gasteiger partial charge in [0.15, 0.2) is 17.6 Å². The molecule has 136 valence electrons. The third-order valence-corrected chi connectivity index (χ3v) is 5.49. The first-order valence-corrected chi connectivity index (χ1v) is 9.07. The van der Waals surface area contributed by atoms with E-state index in [1.54, 1.807) is 0 Å². The van der Waals surface area contributed by atoms with Crippen LogP contribution in [0.15, 0.2) is 36.9 Å². The number of imidazole rings is 1. The molecule has 10 heteroatoms. The molecule has 0 aliphatic carbocycles. The van der Waals surface area contributed by atoms with Crippen molar-refractivity contribution in [3.05, 3.63) is 46.8 Å². The Morgan fingerprint density at radius 3 is 2.89 bits per heavy atom. The Kier molecular flexibility index (Phi) is 4.46. The fourth-order valence-corrected chi connectivity index (χ4v) is 3.88. The van der Waals surface area contributed by atoms with Crippen LogP contribution in [0.3, 0.4) is 0 Å². The molecule has 1 aromatic carbocycles. The van der Waals surface area contributed by atoms with Gasteiger partial charge in [0, 0.05) is 10.1 Å². The van der Waals surface area contributed by atoms with Crippen molar-refractivity contribution in [2.24, 2.45) is 0 Å². The molecule has 0 aliphatic heterocycles. The zero-order chi connectivity index (χ0) is 19.0. The molecule has 0 saturated heterocycles. The number of amides is 1. The standard InChI is InChI=1S/C17H12ClN5O3S/c1-8(16(24)23-15-12-14(20-6-19-12)21-7-22-15)26-17(25)13-11(18)9-4-2-3-5-10(9)27-13/h2-8H,1H3,(H2,19,20,21,22,23,24)/t8-/m0/s1. The highest BCUT2D eigenvalue weighted by atomic mass is 35.5. The third kappa shape index (κ3) is 3.22. The van der Waals surface area contributed by atoms with E-state index in [2.05, 4.69) is 25.3 Å². The minimum Gasteiger partial charge on any atom is -0.448 e. The van der Waals surface area contributed by atoms with E-state index in [1.165, 1.54) is 30.9 Å². The van der Waals surface area contributed by atoms with Gasteiger partial charge in [0.25, 0.3) is 5.91 Å². The van der Waals surface area contributed by atoms with Crippen LogP contribution < -0.4 is 5.32 Å². The van der Waals surface area contributed by atoms with Gasteiger partial charge in [-0.1, -0.05) is 29.8 Å². The summed E-state index contributed by atoms with van der Waals surface area (Å²) >= 11 is 7.50. The number of aromatic amines is 1. The minimum absolute atomic E-state index is 0.255. The summed E-state index contributed by atoms with van der Waals surface area (Å²) in [5.41, 5.74) is 0.902. The Bertz CT molecular complexity index is 1170. The van der Waals surface area contributed by atoms with E-state index in [4.69, 9.17) is 16.3 Å². The average molecular weight is 402 g/mol. The number of rotatable bonds is 4. The second kappa shape index (κ2) is 6.93. The molecule has 4 aromatic rings. The van der Waals surface area contributed by atoms with Gasteiger partial charge in [-0.25, -0.2) is 19.7 Å². The number of ether oxygens (including phenoxy) is 1. The van der Waals surface area contributed by atoms with Crippen LogP contribution in [0.5, 0.6) is 0 Å². The molecule has 2 N–H and O–H groups in total. The number of carbonyl (C=O) groups excluding carboxylic acids is 2. The lowest BCUT2D eigenvalue weighted by Crippen LogP contribution is -2.30. The Labute approximate surface area is 161 Å². The molecule has 4 rings (SSSR count). The van der Waals surface area contributed by atoms with Crippen LogP contribution in [-0.2, 0) is 9.53 Å². The van der Waals surface area contributed by atoms with Crippen LogP contribution in [-0.4, -0.2) is 37.9 Å². The summed E-state index contributed by atoms with van der Waals surface area (Å²) < 4.78 is 6.15. The van der Waals surface area contributed by atoms with Crippen LogP contribution in [0.4, 0.5) is 5.82 Å². The number of halogens is 1. The van der Waals surface area contributed by atoms with Gasteiger partial charge in [0.2, 0.25) is 0 Å². The van der Waals surface area contributed by atoms with E-state index < -0.39 is 18.0 Å². The number of carbonyl (C=O) groups is 2. The fourth-order valence-electron chi connectivity index (χ4n) is 2.49. The third-order valence-electron chi connectivity index (χ3n) is 3.84. The number of hydrogen-bond donors (Lipinski definition) is 2. The summed E-state index contributed by atoms with van der Waals surface area (Å²) in [7, 11) is 0. The molecule has 3 heterocycles. The maximum atomic E-state index is 12.5. The van der Waals surface area contributed by atoms with E-state index in [0.717, 1.165) is 10.1 Å². The number of anilines is 1. The number of benzene rings is 1. The minimum atomic E-state index is -1.05. The highest BCUT2D eigenvalue weighted by molar-refractivity contribution is 7.21. The molecule has 0 saturated carbocycles. The van der Waals surface area contributed by atoms with Gasteiger partial charge in [-0.15, -0.1) is 11.3 Å². The van der Waals surface area contributed by atoms with Crippen LogP contribution in [0.1, 0.15) is 16.6 Å². The van der Waals surface area contributed by atoms with Crippen LogP contribution in [0.25, 0.3) is 21.3 Å². The first kappa shape index (κ1) is 17.4. The van der Waals surface area contributed by atoms with Crippen LogP contribution in [0.2, 0.25) is 5.02 Å². The van der Waals surface area contributed by atoms with Crippen molar-refractivity contribution < 1.29 is 14.3 Å². The summed E-state index contributed by atoms with van der Waals surface area (Å²) in [6.07, 6.45) is 1.68. The monoisotopic (exact) mass is 401 g/mol. The number of thiophene rings is 1. The lowest BCUT2D eigenvalue weighted by Gasteiger charge is -2.12. The van der Waals surface area contributed by atoms with Crippen molar-refractivity contribution in [3.8, 4) is 0 Å². The van der Waals surface area contributed by atoms with E-state index in [9.17, 15) is 9.59 Å². The second-order valence-electron chi connectivity index (χ2n) is 5.60. The second-order valence-corrected chi connectivity index (χ2v) is 7.03. The number of esters is 1. The number of fused-ring (bicyclic) bond motifs is 2. The summed E-state index contributed by atoms with van der Waals surface area (Å²) in [4.78, 5) is 39.9. The van der Waals surface area contributed by atoms with Gasteiger partial charge in [-0.2, -0.15) is 0 Å². The highest BCUT2D eigenvalue weighted by Gasteiger charge is 2.24. The maximum Gasteiger partial charge on any atom is 0.350 e. The predicted octanol–water partition coefficient (Wildman–Crippen LogP) is 3.41. The van der Waals surface area contributed by atoms with Crippen molar-refractivity contribution in [2.75, 3.05) is 5.32 Å². The Hall–Kier alpha value is -3.04. The molecule has 1 amide bonds. The lowest BCUT2D eigenvalue weighted by atomic mass is 10.2. The van der Waals surface area contributed by atoms with E-state index in [0.29, 0.717) is 16.2 Å². The zero-order valence-corrected chi connectivity index (χ0v) is 15.5. The summed E-state index contributed by atoms with van der Waals surface area (Å²) in [5, 5.41) is 3.70. The number of H-pyrrole nitrogens is 1. The van der Waals surface area contributed by atoms with Crippen LogP contribution >= 0.6 is 22.9 Å². The van der Waals surface area contributed by atoms with Gasteiger partial charge in [-0.3, -0.25) is 4.79 Å². The molecular weight excluding hydrogens is 390 g/mol. The van der Waals surface area contributed by atoms with Crippen molar-refractivity contribution in [3.63, 3.8) is 0 Å². The number of nitrogens with one attached hydrogen (secondary N) is 2. The fraction of sp³-hybridized carbons (Fsp3) is 0.118. The Morgan fingerprint density at radius 2 is 2.07 bits per heavy atom. The van der Waals surface area contributed by atoms with Crippen molar-refractivity contribution in [2.45, 2.75) is 13.0 Å². The molecule has 0 spiro atoms. The van der Waals surface area contributed by atoms with Gasteiger partial charge in [0.05, 0.1) is 11.3 Å². The quantitative estimate of drug-likeness (QED) is 0.507. The summed E-state index contributed by atoms with van der Waals surface area (Å²) in [6, 6.07) is 7.39. The molecule has 8 nitrogen and oxygen atoms in total. The molecule has 1 atom stereocenters. The summed E-state index contributed by atoms with van der Waals surface area (Å²) in [5.74, 6) is -0.932. The topological polar surface area (TPSA) is 110 Å². The van der Waals surface area contributed by atoms with Crippen molar-refractivity contribution in [1.82, 2.24) is 19.9 Å². The molecule has 0 aliphatic rings. The molecule has 0 unspecified atom stereocenters. The molecule has 0 bridgehead atoms. The molecule has 3 aromatic heterocycles. The van der Waals surface area contributed by atoms with E-state index in [1.807, 2.05) is 24.3 Å². The van der Waals surface area contributed by atoms with Crippen molar-refractivity contribution in [1.29, 1.82) is 0 Å². The lowest BCUT2D eigenvalue weighted by molar-refractivity contribution is -0.123. The number of aromatic nitrogens is 4. The van der Waals surface area contributed by atoms with Gasteiger partial charge in [-0.05, 0) is 13.0 Å². The normalized spacial score (nSPS) is 12.2. The van der Waals surface area contributed by atoms with E-state index in [-0.39, 0.29) is 10.7 Å². The largest absolute Gasteiger partial charge is 0.448 e. The smallest absolute Gasteiger partial charge is 0.350 e. The Balaban J connectivity index is 1.50. The highest BCUT2D eigenvalue weighted by Crippen LogP contribution is 2.35. The summed E-state index contributed by atoms with van der Waals surface area (Å²) in [6.45, 7) is 1.47. The van der Waals surface area contributed by atoms with Crippen molar-refractivity contribution >= 4 is 61.9 Å². The predicted molar refractivity (Wildman–Crippen MR) is 102 cm³/mol. The molecule has 0 fully saturated rings. The number of hydrogen-bond acceptors (Lipinski definition) is 7. The average Bonchev–Trinajstić information content (AvgIpc) is 3.27. The molecule has 0 radical (unpaired) electrons.